The van der Waals surface area contributed by atoms with Crippen molar-refractivity contribution in [3.05, 3.63) is 11.9 Å². The number of nitrogens with one attached hydrogen (secondary N) is 1. The normalized spacial score (nSPS) is 15.6. The Balaban J connectivity index is 2.27. The van der Waals surface area contributed by atoms with Gasteiger partial charge in [-0.25, -0.2) is 9.97 Å². The Morgan fingerprint density at radius 2 is 2.15 bits per heavy atom. The third-order valence-electron chi connectivity index (χ3n) is 3.69. The second kappa shape index (κ2) is 7.40. The van der Waals surface area contributed by atoms with Crippen molar-refractivity contribution in [3.8, 4) is 0 Å². The first kappa shape index (κ1) is 15.0. The fourth-order valence-corrected chi connectivity index (χ4v) is 2.76. The van der Waals surface area contributed by atoms with Gasteiger partial charge in [0.2, 0.25) is 0 Å². The van der Waals surface area contributed by atoms with E-state index in [0.717, 1.165) is 11.6 Å². The van der Waals surface area contributed by atoms with Crippen molar-refractivity contribution in [2.75, 3.05) is 37.5 Å². The van der Waals surface area contributed by atoms with Crippen LogP contribution in [0.2, 0.25) is 0 Å². The summed E-state index contributed by atoms with van der Waals surface area (Å²) in [4.78, 5) is 11.2. The van der Waals surface area contributed by atoms with Crippen molar-refractivity contribution >= 4 is 11.6 Å². The van der Waals surface area contributed by atoms with Crippen LogP contribution in [0.1, 0.15) is 31.5 Å². The summed E-state index contributed by atoms with van der Waals surface area (Å²) in [5, 5.41) is 12.4. The summed E-state index contributed by atoms with van der Waals surface area (Å²) < 4.78 is 5.13. The van der Waals surface area contributed by atoms with E-state index in [1.54, 1.807) is 7.11 Å². The zero-order valence-electron chi connectivity index (χ0n) is 12.3. The summed E-state index contributed by atoms with van der Waals surface area (Å²) >= 11 is 0. The number of methoxy groups -OCH3 is 1. The van der Waals surface area contributed by atoms with Gasteiger partial charge in [0.15, 0.2) is 5.82 Å². The zero-order chi connectivity index (χ0) is 14.4. The van der Waals surface area contributed by atoms with Crippen molar-refractivity contribution in [2.45, 2.75) is 38.3 Å². The van der Waals surface area contributed by atoms with Crippen LogP contribution in [0.5, 0.6) is 0 Å². The molecule has 0 aliphatic heterocycles. The fraction of sp³-hybridized carbons (Fsp3) is 0.714. The molecular formula is C14H24N4O2. The van der Waals surface area contributed by atoms with Crippen molar-refractivity contribution in [2.24, 2.45) is 0 Å². The van der Waals surface area contributed by atoms with Gasteiger partial charge in [0, 0.05) is 32.8 Å². The van der Waals surface area contributed by atoms with Crippen molar-refractivity contribution < 1.29 is 9.84 Å². The van der Waals surface area contributed by atoms with Gasteiger partial charge in [0.1, 0.15) is 18.2 Å². The summed E-state index contributed by atoms with van der Waals surface area (Å²) in [6.45, 7) is 1.13. The molecule has 2 rings (SSSR count). The Morgan fingerprint density at radius 1 is 1.40 bits per heavy atom. The summed E-state index contributed by atoms with van der Waals surface area (Å²) in [7, 11) is 3.48. The smallest absolute Gasteiger partial charge is 0.158 e. The first-order valence-corrected chi connectivity index (χ1v) is 7.20. The largest absolute Gasteiger partial charge is 0.395 e. The Labute approximate surface area is 120 Å². The average molecular weight is 280 g/mol. The molecule has 0 atom stereocenters. The molecule has 0 unspecified atom stereocenters. The molecule has 0 spiro atoms. The molecule has 1 aromatic rings. The number of hydrogen-bond acceptors (Lipinski definition) is 6. The van der Waals surface area contributed by atoms with E-state index in [4.69, 9.17) is 4.74 Å². The SMILES string of the molecule is CNc1cc(N(CCO)C2CCCC2)nc(COC)n1. The number of ether oxygens (including phenoxy) is 1. The van der Waals surface area contributed by atoms with E-state index in [1.807, 2.05) is 13.1 Å². The van der Waals surface area contributed by atoms with E-state index in [1.165, 1.54) is 25.7 Å². The molecule has 0 aromatic carbocycles. The average Bonchev–Trinajstić information content (AvgIpc) is 2.98. The van der Waals surface area contributed by atoms with Crippen LogP contribution in [0.25, 0.3) is 0 Å². The molecule has 1 aromatic heterocycles. The summed E-state index contributed by atoms with van der Waals surface area (Å²) in [5.74, 6) is 2.32. The second-order valence-electron chi connectivity index (χ2n) is 5.07. The first-order valence-electron chi connectivity index (χ1n) is 7.20. The molecule has 1 saturated carbocycles. The van der Waals surface area contributed by atoms with Gasteiger partial charge in [-0.05, 0) is 12.8 Å². The lowest BCUT2D eigenvalue weighted by atomic mass is 10.2. The predicted octanol–water partition coefficient (Wildman–Crippen LogP) is 1.41. The van der Waals surface area contributed by atoms with Gasteiger partial charge >= 0.3 is 0 Å². The number of hydrogen-bond donors (Lipinski definition) is 2. The first-order chi connectivity index (χ1) is 9.78. The highest BCUT2D eigenvalue weighted by Crippen LogP contribution is 2.28. The van der Waals surface area contributed by atoms with Crippen LogP contribution >= 0.6 is 0 Å². The van der Waals surface area contributed by atoms with Crippen LogP contribution in [0.15, 0.2) is 6.07 Å². The highest BCUT2D eigenvalue weighted by Gasteiger charge is 2.24. The van der Waals surface area contributed by atoms with E-state index in [0.29, 0.717) is 25.0 Å². The molecule has 1 fully saturated rings. The van der Waals surface area contributed by atoms with Gasteiger partial charge < -0.3 is 20.1 Å². The van der Waals surface area contributed by atoms with E-state index in [2.05, 4.69) is 20.2 Å². The summed E-state index contributed by atoms with van der Waals surface area (Å²) in [5.41, 5.74) is 0. The highest BCUT2D eigenvalue weighted by molar-refractivity contribution is 5.50. The third-order valence-corrected chi connectivity index (χ3v) is 3.69. The van der Waals surface area contributed by atoms with Gasteiger partial charge in [-0.3, -0.25) is 0 Å². The maximum atomic E-state index is 9.33. The van der Waals surface area contributed by atoms with Gasteiger partial charge in [-0.1, -0.05) is 12.8 Å². The standard InChI is InChI=1S/C14H24N4O2/c1-15-12-9-14(17-13(16-12)10-20-2)18(7-8-19)11-5-3-4-6-11/h9,11,19H,3-8,10H2,1-2H3,(H,15,16,17). The lowest BCUT2D eigenvalue weighted by Gasteiger charge is -2.29. The van der Waals surface area contributed by atoms with Gasteiger partial charge in [0.25, 0.3) is 0 Å². The van der Waals surface area contributed by atoms with E-state index >= 15 is 0 Å². The van der Waals surface area contributed by atoms with Crippen LogP contribution in [-0.2, 0) is 11.3 Å². The molecule has 0 radical (unpaired) electrons. The van der Waals surface area contributed by atoms with Crippen molar-refractivity contribution in [1.29, 1.82) is 0 Å². The Bertz CT molecular complexity index is 422. The number of rotatable bonds is 7. The molecule has 1 aliphatic carbocycles. The summed E-state index contributed by atoms with van der Waals surface area (Å²) in [6.07, 6.45) is 4.83. The lowest BCUT2D eigenvalue weighted by molar-refractivity contribution is 0.178. The monoisotopic (exact) mass is 280 g/mol. The van der Waals surface area contributed by atoms with Crippen molar-refractivity contribution in [1.82, 2.24) is 9.97 Å². The Morgan fingerprint density at radius 3 is 2.75 bits per heavy atom. The molecule has 0 bridgehead atoms. The lowest BCUT2D eigenvalue weighted by Crippen LogP contribution is -2.36. The summed E-state index contributed by atoms with van der Waals surface area (Å²) in [6, 6.07) is 2.41. The van der Waals surface area contributed by atoms with Crippen LogP contribution in [0.4, 0.5) is 11.6 Å². The van der Waals surface area contributed by atoms with Crippen LogP contribution in [0, 0.1) is 0 Å². The van der Waals surface area contributed by atoms with Gasteiger partial charge in [0.05, 0.1) is 6.61 Å². The molecule has 0 saturated heterocycles. The molecule has 6 nitrogen and oxygen atoms in total. The molecule has 1 aliphatic rings. The molecular weight excluding hydrogens is 256 g/mol. The topological polar surface area (TPSA) is 70.5 Å². The minimum atomic E-state index is 0.134. The second-order valence-corrected chi connectivity index (χ2v) is 5.07. The molecule has 6 heteroatoms. The van der Waals surface area contributed by atoms with Crippen LogP contribution in [-0.4, -0.2) is 48.4 Å². The predicted molar refractivity (Wildman–Crippen MR) is 79.0 cm³/mol. The fourth-order valence-electron chi connectivity index (χ4n) is 2.76. The van der Waals surface area contributed by atoms with Crippen molar-refractivity contribution in [3.63, 3.8) is 0 Å². The maximum absolute atomic E-state index is 9.33. The molecule has 0 amide bonds. The number of aliphatic hydroxyl groups is 1. The van der Waals surface area contributed by atoms with Crippen LogP contribution in [0.3, 0.4) is 0 Å². The number of anilines is 2. The quantitative estimate of drug-likeness (QED) is 0.787. The Hall–Kier alpha value is -1.40. The van der Waals surface area contributed by atoms with Gasteiger partial charge in [-0.2, -0.15) is 0 Å². The van der Waals surface area contributed by atoms with Gasteiger partial charge in [-0.15, -0.1) is 0 Å². The number of nitrogens with zero attached hydrogens (tertiary/aromatic N) is 3. The molecule has 1 heterocycles. The maximum Gasteiger partial charge on any atom is 0.158 e. The highest BCUT2D eigenvalue weighted by atomic mass is 16.5. The molecule has 20 heavy (non-hydrogen) atoms. The zero-order valence-corrected chi connectivity index (χ0v) is 12.3. The minimum absolute atomic E-state index is 0.134. The van der Waals surface area contributed by atoms with Crippen LogP contribution < -0.4 is 10.2 Å². The third kappa shape index (κ3) is 3.58. The minimum Gasteiger partial charge on any atom is -0.395 e. The van der Waals surface area contributed by atoms with E-state index in [9.17, 15) is 5.11 Å². The Kier molecular flexibility index (Phi) is 5.55. The molecule has 2 N–H and O–H groups in total. The van der Waals surface area contributed by atoms with E-state index in [-0.39, 0.29) is 6.61 Å². The molecule has 112 valence electrons. The van der Waals surface area contributed by atoms with E-state index < -0.39 is 0 Å². The number of aliphatic hydroxyl groups excluding tert-OH is 1. The number of aromatic nitrogens is 2.